The second kappa shape index (κ2) is 5.11. The lowest BCUT2D eigenvalue weighted by Crippen LogP contribution is -2.39. The first-order valence-electron chi connectivity index (χ1n) is 4.86. The average molecular weight is 236 g/mol. The number of aliphatic carboxylic acids is 1. The van der Waals surface area contributed by atoms with Crippen molar-refractivity contribution >= 4 is 17.8 Å². The third kappa shape index (κ3) is 3.04. The maximum Gasteiger partial charge on any atom is 0.325 e. The summed E-state index contributed by atoms with van der Waals surface area (Å²) in [7, 11) is 0. The number of amides is 2. The summed E-state index contributed by atoms with van der Waals surface area (Å²) >= 11 is 0. The van der Waals surface area contributed by atoms with Gasteiger partial charge in [-0.05, 0) is 19.1 Å². The standard InChI is InChI=1S/C11H12N2O4/c1-6(11(16)17)13-10(15)8-5-3-2-4-7(8)9(12)14/h2-6H,1H3,(H2,12,14)(H,13,15)(H,16,17)/t6-/m0/s1. The van der Waals surface area contributed by atoms with Gasteiger partial charge in [0.05, 0.1) is 11.1 Å². The molecule has 1 rings (SSSR count). The van der Waals surface area contributed by atoms with E-state index in [-0.39, 0.29) is 11.1 Å². The normalized spacial score (nSPS) is 11.6. The van der Waals surface area contributed by atoms with Crippen LogP contribution in [0.4, 0.5) is 0 Å². The molecule has 0 unspecified atom stereocenters. The van der Waals surface area contributed by atoms with E-state index in [0.717, 1.165) is 0 Å². The van der Waals surface area contributed by atoms with Gasteiger partial charge in [-0.2, -0.15) is 0 Å². The quantitative estimate of drug-likeness (QED) is 0.682. The molecule has 0 heterocycles. The van der Waals surface area contributed by atoms with Gasteiger partial charge in [0, 0.05) is 0 Å². The number of carboxylic acids is 1. The van der Waals surface area contributed by atoms with Gasteiger partial charge in [0.15, 0.2) is 0 Å². The molecule has 0 fully saturated rings. The molecular formula is C11H12N2O4. The highest BCUT2D eigenvalue weighted by molar-refractivity contribution is 6.07. The molecule has 1 aromatic carbocycles. The molecule has 2 amide bonds. The third-order valence-electron chi connectivity index (χ3n) is 2.16. The molecule has 0 spiro atoms. The lowest BCUT2D eigenvalue weighted by molar-refractivity contribution is -0.138. The van der Waals surface area contributed by atoms with Gasteiger partial charge in [0.2, 0.25) is 5.91 Å². The highest BCUT2D eigenvalue weighted by Gasteiger charge is 2.18. The molecule has 0 radical (unpaired) electrons. The van der Waals surface area contributed by atoms with Crippen LogP contribution in [0.25, 0.3) is 0 Å². The van der Waals surface area contributed by atoms with E-state index in [1.54, 1.807) is 12.1 Å². The Kier molecular flexibility index (Phi) is 3.82. The zero-order valence-electron chi connectivity index (χ0n) is 9.14. The van der Waals surface area contributed by atoms with Gasteiger partial charge >= 0.3 is 5.97 Å². The van der Waals surface area contributed by atoms with Crippen molar-refractivity contribution in [2.24, 2.45) is 5.73 Å². The number of carbonyl (C=O) groups excluding carboxylic acids is 2. The van der Waals surface area contributed by atoms with Crippen LogP contribution in [0, 0.1) is 0 Å². The Morgan fingerprint density at radius 1 is 1.24 bits per heavy atom. The summed E-state index contributed by atoms with van der Waals surface area (Å²) in [5.41, 5.74) is 5.23. The van der Waals surface area contributed by atoms with Crippen LogP contribution in [-0.4, -0.2) is 28.9 Å². The maximum absolute atomic E-state index is 11.7. The maximum atomic E-state index is 11.7. The molecule has 0 bridgehead atoms. The summed E-state index contributed by atoms with van der Waals surface area (Å²) < 4.78 is 0. The number of carbonyl (C=O) groups is 3. The van der Waals surface area contributed by atoms with Crippen molar-refractivity contribution in [3.63, 3.8) is 0 Å². The van der Waals surface area contributed by atoms with Crippen molar-refractivity contribution in [2.75, 3.05) is 0 Å². The fraction of sp³-hybridized carbons (Fsp3) is 0.182. The van der Waals surface area contributed by atoms with Crippen LogP contribution in [0.2, 0.25) is 0 Å². The predicted octanol–water partition coefficient (Wildman–Crippen LogP) is -0.0116. The van der Waals surface area contributed by atoms with Gasteiger partial charge in [0.25, 0.3) is 5.91 Å². The molecule has 6 heteroatoms. The molecule has 4 N–H and O–H groups in total. The Labute approximate surface area is 97.4 Å². The lowest BCUT2D eigenvalue weighted by atomic mass is 10.1. The molecule has 17 heavy (non-hydrogen) atoms. The fourth-order valence-corrected chi connectivity index (χ4v) is 1.23. The Morgan fingerprint density at radius 3 is 2.24 bits per heavy atom. The second-order valence-corrected chi connectivity index (χ2v) is 3.44. The minimum Gasteiger partial charge on any atom is -0.480 e. The van der Waals surface area contributed by atoms with Crippen LogP contribution >= 0.6 is 0 Å². The molecule has 0 aliphatic carbocycles. The Morgan fingerprint density at radius 2 is 1.76 bits per heavy atom. The van der Waals surface area contributed by atoms with E-state index in [1.165, 1.54) is 19.1 Å². The molecule has 1 atom stereocenters. The molecule has 0 aliphatic heterocycles. The van der Waals surface area contributed by atoms with E-state index < -0.39 is 23.8 Å². The van der Waals surface area contributed by atoms with Crippen LogP contribution in [0.5, 0.6) is 0 Å². The topological polar surface area (TPSA) is 109 Å². The van der Waals surface area contributed by atoms with Gasteiger partial charge in [-0.3, -0.25) is 14.4 Å². The third-order valence-corrected chi connectivity index (χ3v) is 2.16. The fourth-order valence-electron chi connectivity index (χ4n) is 1.23. The first-order valence-corrected chi connectivity index (χ1v) is 4.86. The summed E-state index contributed by atoms with van der Waals surface area (Å²) in [6.45, 7) is 1.33. The van der Waals surface area contributed by atoms with Crippen LogP contribution < -0.4 is 11.1 Å². The number of carboxylic acid groups (broad SMARTS) is 1. The van der Waals surface area contributed by atoms with Crippen molar-refractivity contribution in [3.8, 4) is 0 Å². The molecular weight excluding hydrogens is 224 g/mol. The molecule has 0 aromatic heterocycles. The summed E-state index contributed by atoms with van der Waals surface area (Å²) in [6, 6.07) is 4.90. The minimum absolute atomic E-state index is 0.0580. The molecule has 0 saturated carbocycles. The van der Waals surface area contributed by atoms with Crippen molar-refractivity contribution in [1.29, 1.82) is 0 Å². The molecule has 0 aliphatic rings. The van der Waals surface area contributed by atoms with Gasteiger partial charge in [-0.15, -0.1) is 0 Å². The van der Waals surface area contributed by atoms with Crippen molar-refractivity contribution < 1.29 is 19.5 Å². The highest BCUT2D eigenvalue weighted by atomic mass is 16.4. The summed E-state index contributed by atoms with van der Waals surface area (Å²) in [6.07, 6.45) is 0. The first-order chi connectivity index (χ1) is 7.93. The van der Waals surface area contributed by atoms with E-state index in [4.69, 9.17) is 10.8 Å². The number of primary amides is 1. The Hall–Kier alpha value is -2.37. The van der Waals surface area contributed by atoms with E-state index in [9.17, 15) is 14.4 Å². The minimum atomic E-state index is -1.16. The van der Waals surface area contributed by atoms with E-state index in [1.807, 2.05) is 0 Å². The summed E-state index contributed by atoms with van der Waals surface area (Å²) in [5, 5.41) is 10.9. The van der Waals surface area contributed by atoms with E-state index in [2.05, 4.69) is 5.32 Å². The smallest absolute Gasteiger partial charge is 0.325 e. The Bertz CT molecular complexity index is 470. The number of nitrogens with two attached hydrogens (primary N) is 1. The lowest BCUT2D eigenvalue weighted by Gasteiger charge is -2.10. The van der Waals surface area contributed by atoms with Crippen LogP contribution in [0.15, 0.2) is 24.3 Å². The van der Waals surface area contributed by atoms with E-state index >= 15 is 0 Å². The number of rotatable bonds is 4. The second-order valence-electron chi connectivity index (χ2n) is 3.44. The number of nitrogens with one attached hydrogen (secondary N) is 1. The molecule has 1 aromatic rings. The van der Waals surface area contributed by atoms with Crippen molar-refractivity contribution in [1.82, 2.24) is 5.32 Å². The molecule has 6 nitrogen and oxygen atoms in total. The SMILES string of the molecule is C[C@H](NC(=O)c1ccccc1C(N)=O)C(=O)O. The number of hydrogen-bond acceptors (Lipinski definition) is 3. The summed E-state index contributed by atoms with van der Waals surface area (Å²) in [4.78, 5) is 33.4. The zero-order valence-corrected chi connectivity index (χ0v) is 9.14. The Balaban J connectivity index is 2.97. The average Bonchev–Trinajstić information content (AvgIpc) is 2.28. The van der Waals surface area contributed by atoms with Crippen LogP contribution in [-0.2, 0) is 4.79 Å². The van der Waals surface area contributed by atoms with Crippen molar-refractivity contribution in [2.45, 2.75) is 13.0 Å². The van der Waals surface area contributed by atoms with Gasteiger partial charge in [0.1, 0.15) is 6.04 Å². The van der Waals surface area contributed by atoms with Crippen LogP contribution in [0.1, 0.15) is 27.6 Å². The first kappa shape index (κ1) is 12.7. The molecule has 90 valence electrons. The van der Waals surface area contributed by atoms with Gasteiger partial charge in [-0.25, -0.2) is 0 Å². The highest BCUT2D eigenvalue weighted by Crippen LogP contribution is 2.08. The monoisotopic (exact) mass is 236 g/mol. The zero-order chi connectivity index (χ0) is 13.0. The predicted molar refractivity (Wildman–Crippen MR) is 59.5 cm³/mol. The molecule has 0 saturated heterocycles. The largest absolute Gasteiger partial charge is 0.480 e. The van der Waals surface area contributed by atoms with Gasteiger partial charge < -0.3 is 16.2 Å². The van der Waals surface area contributed by atoms with Crippen LogP contribution in [0.3, 0.4) is 0 Å². The van der Waals surface area contributed by atoms with Gasteiger partial charge in [-0.1, -0.05) is 12.1 Å². The number of hydrogen-bond donors (Lipinski definition) is 3. The summed E-state index contributed by atoms with van der Waals surface area (Å²) in [5.74, 6) is -2.54. The number of benzene rings is 1. The van der Waals surface area contributed by atoms with Crippen molar-refractivity contribution in [3.05, 3.63) is 35.4 Å². The van der Waals surface area contributed by atoms with E-state index in [0.29, 0.717) is 0 Å².